The predicted octanol–water partition coefficient (Wildman–Crippen LogP) is 3.00. The molecule has 1 aliphatic heterocycles. The summed E-state index contributed by atoms with van der Waals surface area (Å²) in [7, 11) is 0. The molecule has 0 fully saturated rings. The highest BCUT2D eigenvalue weighted by molar-refractivity contribution is 6.33. The van der Waals surface area contributed by atoms with Gasteiger partial charge in [0.1, 0.15) is 5.82 Å². The van der Waals surface area contributed by atoms with Gasteiger partial charge >= 0.3 is 5.97 Å². The number of rotatable bonds is 2. The van der Waals surface area contributed by atoms with Crippen LogP contribution in [-0.4, -0.2) is 22.6 Å². The number of hydrogen-bond donors (Lipinski definition) is 1. The fourth-order valence-electron chi connectivity index (χ4n) is 2.45. The molecule has 1 aromatic carbocycles. The van der Waals surface area contributed by atoms with Gasteiger partial charge < -0.3 is 10.0 Å². The monoisotopic (exact) mass is 288 g/mol. The van der Waals surface area contributed by atoms with Gasteiger partial charge in [0.05, 0.1) is 5.02 Å². The standard InChI is InChI=1S/C15H13ClN2O2/c16-12-5-6-13(17-14(12)15(19)20)18-8-7-10-3-1-2-4-11(10)9-18/h1-6H,7-9H2,(H,19,20). The minimum atomic E-state index is -1.10. The van der Waals surface area contributed by atoms with Crippen molar-refractivity contribution in [3.63, 3.8) is 0 Å². The summed E-state index contributed by atoms with van der Waals surface area (Å²) >= 11 is 5.85. The van der Waals surface area contributed by atoms with Crippen LogP contribution in [0.3, 0.4) is 0 Å². The second-order valence-electron chi connectivity index (χ2n) is 4.75. The molecule has 0 saturated heterocycles. The molecule has 0 amide bonds. The zero-order valence-electron chi connectivity index (χ0n) is 10.7. The van der Waals surface area contributed by atoms with E-state index in [1.807, 2.05) is 12.1 Å². The quantitative estimate of drug-likeness (QED) is 0.923. The molecule has 5 heteroatoms. The van der Waals surface area contributed by atoms with E-state index < -0.39 is 5.97 Å². The molecule has 102 valence electrons. The summed E-state index contributed by atoms with van der Waals surface area (Å²) in [6.07, 6.45) is 0.933. The van der Waals surface area contributed by atoms with Gasteiger partial charge in [-0.05, 0) is 29.7 Å². The molecule has 2 aromatic rings. The number of nitrogens with zero attached hydrogens (tertiary/aromatic N) is 2. The lowest BCUT2D eigenvalue weighted by Gasteiger charge is -2.30. The average molecular weight is 289 g/mol. The van der Waals surface area contributed by atoms with Crippen molar-refractivity contribution in [2.24, 2.45) is 0 Å². The van der Waals surface area contributed by atoms with Crippen LogP contribution in [0.25, 0.3) is 0 Å². The molecule has 3 rings (SSSR count). The molecule has 4 nitrogen and oxygen atoms in total. The molecule has 2 heterocycles. The van der Waals surface area contributed by atoms with Crippen molar-refractivity contribution in [1.29, 1.82) is 0 Å². The molecular formula is C15H13ClN2O2. The van der Waals surface area contributed by atoms with Gasteiger partial charge in [-0.3, -0.25) is 0 Å². The van der Waals surface area contributed by atoms with E-state index in [0.29, 0.717) is 5.82 Å². The maximum atomic E-state index is 11.1. The van der Waals surface area contributed by atoms with Crippen LogP contribution >= 0.6 is 11.6 Å². The highest BCUT2D eigenvalue weighted by Gasteiger charge is 2.19. The van der Waals surface area contributed by atoms with Gasteiger partial charge in [-0.25, -0.2) is 9.78 Å². The van der Waals surface area contributed by atoms with Gasteiger partial charge in [0.15, 0.2) is 5.69 Å². The SMILES string of the molecule is O=C(O)c1nc(N2CCc3ccccc3C2)ccc1Cl. The third-order valence-electron chi connectivity index (χ3n) is 3.49. The van der Waals surface area contributed by atoms with Gasteiger partial charge in [-0.1, -0.05) is 35.9 Å². The van der Waals surface area contributed by atoms with Crippen molar-refractivity contribution in [1.82, 2.24) is 4.98 Å². The first-order valence-electron chi connectivity index (χ1n) is 6.37. The number of pyridine rings is 1. The number of hydrogen-bond acceptors (Lipinski definition) is 3. The van der Waals surface area contributed by atoms with Crippen LogP contribution < -0.4 is 4.90 Å². The van der Waals surface area contributed by atoms with Crippen LogP contribution in [-0.2, 0) is 13.0 Å². The van der Waals surface area contributed by atoms with Crippen molar-refractivity contribution in [2.75, 3.05) is 11.4 Å². The largest absolute Gasteiger partial charge is 0.476 e. The first-order valence-corrected chi connectivity index (χ1v) is 6.74. The fourth-order valence-corrected chi connectivity index (χ4v) is 2.64. The Morgan fingerprint density at radius 1 is 1.20 bits per heavy atom. The van der Waals surface area contributed by atoms with Crippen molar-refractivity contribution < 1.29 is 9.90 Å². The van der Waals surface area contributed by atoms with Gasteiger partial charge in [0.25, 0.3) is 0 Å². The highest BCUT2D eigenvalue weighted by Crippen LogP contribution is 2.25. The number of aromatic nitrogens is 1. The zero-order valence-corrected chi connectivity index (χ0v) is 11.5. The van der Waals surface area contributed by atoms with E-state index in [4.69, 9.17) is 16.7 Å². The lowest BCUT2D eigenvalue weighted by Crippen LogP contribution is -2.31. The number of fused-ring (bicyclic) bond motifs is 1. The normalized spacial score (nSPS) is 13.9. The summed E-state index contributed by atoms with van der Waals surface area (Å²) in [6, 6.07) is 11.6. The molecule has 0 bridgehead atoms. The van der Waals surface area contributed by atoms with E-state index in [2.05, 4.69) is 22.0 Å². The molecule has 1 aromatic heterocycles. The third-order valence-corrected chi connectivity index (χ3v) is 3.79. The second kappa shape index (κ2) is 5.13. The Balaban J connectivity index is 1.92. The first kappa shape index (κ1) is 12.9. The number of benzene rings is 1. The van der Waals surface area contributed by atoms with Crippen LogP contribution in [0, 0.1) is 0 Å². The smallest absolute Gasteiger partial charge is 0.356 e. The minimum Gasteiger partial charge on any atom is -0.476 e. The Kier molecular flexibility index (Phi) is 3.32. The third kappa shape index (κ3) is 2.34. The number of halogens is 1. The van der Waals surface area contributed by atoms with E-state index in [-0.39, 0.29) is 10.7 Å². The number of aromatic carboxylic acids is 1. The van der Waals surface area contributed by atoms with Crippen molar-refractivity contribution in [2.45, 2.75) is 13.0 Å². The Hall–Kier alpha value is -2.07. The average Bonchev–Trinajstić information content (AvgIpc) is 2.47. The summed E-state index contributed by atoms with van der Waals surface area (Å²) in [5.41, 5.74) is 2.51. The minimum absolute atomic E-state index is 0.0944. The molecule has 0 aliphatic carbocycles. The number of anilines is 1. The predicted molar refractivity (Wildman–Crippen MR) is 77.4 cm³/mol. The summed E-state index contributed by atoms with van der Waals surface area (Å²) in [4.78, 5) is 17.3. The van der Waals surface area contributed by atoms with E-state index >= 15 is 0 Å². The van der Waals surface area contributed by atoms with Crippen LogP contribution in [0.5, 0.6) is 0 Å². The topological polar surface area (TPSA) is 53.4 Å². The Morgan fingerprint density at radius 3 is 2.70 bits per heavy atom. The van der Waals surface area contributed by atoms with Crippen LogP contribution in [0.15, 0.2) is 36.4 Å². The Morgan fingerprint density at radius 2 is 1.95 bits per heavy atom. The van der Waals surface area contributed by atoms with Gasteiger partial charge in [-0.15, -0.1) is 0 Å². The van der Waals surface area contributed by atoms with Gasteiger partial charge in [0, 0.05) is 13.1 Å². The van der Waals surface area contributed by atoms with Crippen LogP contribution in [0.1, 0.15) is 21.6 Å². The maximum absolute atomic E-state index is 11.1. The number of carbonyl (C=O) groups is 1. The summed E-state index contributed by atoms with van der Waals surface area (Å²) in [5, 5.41) is 9.25. The molecule has 0 saturated carbocycles. The van der Waals surface area contributed by atoms with Crippen LogP contribution in [0.2, 0.25) is 5.02 Å². The van der Waals surface area contributed by atoms with Crippen molar-refractivity contribution in [3.8, 4) is 0 Å². The fraction of sp³-hybridized carbons (Fsp3) is 0.200. The Bertz CT molecular complexity index is 673. The van der Waals surface area contributed by atoms with Gasteiger partial charge in [-0.2, -0.15) is 0 Å². The number of carboxylic acid groups (broad SMARTS) is 1. The molecule has 1 aliphatic rings. The molecule has 1 N–H and O–H groups in total. The van der Waals surface area contributed by atoms with E-state index in [1.54, 1.807) is 12.1 Å². The van der Waals surface area contributed by atoms with Gasteiger partial charge in [0.2, 0.25) is 0 Å². The maximum Gasteiger partial charge on any atom is 0.356 e. The molecule has 0 spiro atoms. The second-order valence-corrected chi connectivity index (χ2v) is 5.15. The summed E-state index contributed by atoms with van der Waals surface area (Å²) < 4.78 is 0. The molecule has 0 atom stereocenters. The first-order chi connectivity index (χ1) is 9.65. The van der Waals surface area contributed by atoms with E-state index in [0.717, 1.165) is 19.5 Å². The van der Waals surface area contributed by atoms with Crippen molar-refractivity contribution >= 4 is 23.4 Å². The Labute approximate surface area is 121 Å². The summed E-state index contributed by atoms with van der Waals surface area (Å²) in [6.45, 7) is 1.56. The molecule has 0 radical (unpaired) electrons. The molecule has 20 heavy (non-hydrogen) atoms. The molecule has 0 unspecified atom stereocenters. The lowest BCUT2D eigenvalue weighted by molar-refractivity contribution is 0.0691. The molecular weight excluding hydrogens is 276 g/mol. The lowest BCUT2D eigenvalue weighted by atomic mass is 10.00. The van der Waals surface area contributed by atoms with Crippen molar-refractivity contribution in [3.05, 3.63) is 58.2 Å². The van der Waals surface area contributed by atoms with E-state index in [9.17, 15) is 4.79 Å². The van der Waals surface area contributed by atoms with E-state index in [1.165, 1.54) is 11.1 Å². The van der Waals surface area contributed by atoms with Crippen LogP contribution in [0.4, 0.5) is 5.82 Å². The highest BCUT2D eigenvalue weighted by atomic mass is 35.5. The summed E-state index contributed by atoms with van der Waals surface area (Å²) in [5.74, 6) is -0.449. The number of carboxylic acids is 1. The zero-order chi connectivity index (χ0) is 14.1.